The van der Waals surface area contributed by atoms with Crippen LogP contribution >= 0.6 is 22.9 Å². The summed E-state index contributed by atoms with van der Waals surface area (Å²) in [6.45, 7) is 4.09. The molecule has 1 aromatic heterocycles. The number of nitrogens with one attached hydrogen (secondary N) is 1. The third-order valence-corrected chi connectivity index (χ3v) is 7.01. The summed E-state index contributed by atoms with van der Waals surface area (Å²) in [5.41, 5.74) is 6.00. The van der Waals surface area contributed by atoms with Crippen molar-refractivity contribution in [2.24, 2.45) is 4.99 Å². The van der Waals surface area contributed by atoms with Gasteiger partial charge in [0.25, 0.3) is 5.91 Å². The summed E-state index contributed by atoms with van der Waals surface area (Å²) < 4.78 is 0. The summed E-state index contributed by atoms with van der Waals surface area (Å²) in [6, 6.07) is 13.7. The predicted octanol–water partition coefficient (Wildman–Crippen LogP) is 7.68. The number of aryl methyl sites for hydroxylation is 3. The Balaban J connectivity index is 1.70. The maximum atomic E-state index is 13.4. The van der Waals surface area contributed by atoms with Crippen LogP contribution in [0.1, 0.15) is 63.2 Å². The molecule has 1 amide bonds. The Morgan fingerprint density at radius 3 is 2.39 bits per heavy atom. The Morgan fingerprint density at radius 1 is 1.00 bits per heavy atom. The molecule has 1 heterocycles. The van der Waals surface area contributed by atoms with Crippen molar-refractivity contribution >= 4 is 45.7 Å². The second-order valence-corrected chi connectivity index (χ2v) is 9.76. The third-order valence-electron chi connectivity index (χ3n) is 5.56. The summed E-state index contributed by atoms with van der Waals surface area (Å²) in [5, 5.41) is 4.63. The summed E-state index contributed by atoms with van der Waals surface area (Å²) in [7, 11) is 0. The van der Waals surface area contributed by atoms with E-state index in [2.05, 4.69) is 11.4 Å². The molecule has 2 aromatic carbocycles. The van der Waals surface area contributed by atoms with E-state index < -0.39 is 0 Å². The second kappa shape index (κ2) is 9.80. The van der Waals surface area contributed by atoms with Gasteiger partial charge in [0.15, 0.2) is 0 Å². The Labute approximate surface area is 193 Å². The molecule has 0 atom stereocenters. The topological polar surface area (TPSA) is 41.5 Å². The summed E-state index contributed by atoms with van der Waals surface area (Å²) >= 11 is 7.67. The highest BCUT2D eigenvalue weighted by Gasteiger charge is 2.24. The minimum Gasteiger partial charge on any atom is -0.322 e. The van der Waals surface area contributed by atoms with Crippen LogP contribution in [-0.4, -0.2) is 12.1 Å². The minimum absolute atomic E-state index is 0.0636. The van der Waals surface area contributed by atoms with Gasteiger partial charge in [-0.2, -0.15) is 0 Å². The molecule has 0 saturated heterocycles. The Bertz CT molecular complexity index is 1090. The van der Waals surface area contributed by atoms with E-state index in [-0.39, 0.29) is 5.91 Å². The molecule has 1 aliphatic carbocycles. The number of amides is 1. The fourth-order valence-electron chi connectivity index (χ4n) is 4.15. The van der Waals surface area contributed by atoms with Crippen molar-refractivity contribution in [3.05, 3.63) is 80.2 Å². The highest BCUT2D eigenvalue weighted by Crippen LogP contribution is 2.39. The van der Waals surface area contributed by atoms with Crippen molar-refractivity contribution < 1.29 is 4.79 Å². The zero-order valence-electron chi connectivity index (χ0n) is 18.0. The number of aliphatic imine (C=N–C) groups is 1. The molecule has 0 aliphatic heterocycles. The Kier molecular flexibility index (Phi) is 6.89. The van der Waals surface area contributed by atoms with Gasteiger partial charge in [-0.15, -0.1) is 11.3 Å². The van der Waals surface area contributed by atoms with Crippen LogP contribution in [0.3, 0.4) is 0 Å². The van der Waals surface area contributed by atoms with Gasteiger partial charge in [0, 0.05) is 21.8 Å². The van der Waals surface area contributed by atoms with Crippen LogP contribution in [0.25, 0.3) is 0 Å². The van der Waals surface area contributed by atoms with Crippen molar-refractivity contribution in [2.45, 2.75) is 52.4 Å². The van der Waals surface area contributed by atoms with Gasteiger partial charge in [0.05, 0.1) is 5.56 Å². The first kappa shape index (κ1) is 21.8. The molecular formula is C26H27ClN2OS. The number of halogens is 1. The molecule has 31 heavy (non-hydrogen) atoms. The van der Waals surface area contributed by atoms with E-state index >= 15 is 0 Å². The Hall–Kier alpha value is -2.43. The van der Waals surface area contributed by atoms with Crippen LogP contribution < -0.4 is 5.32 Å². The maximum absolute atomic E-state index is 13.4. The molecule has 0 fully saturated rings. The average Bonchev–Trinajstić information content (AvgIpc) is 3.03. The zero-order chi connectivity index (χ0) is 21.8. The fourth-order valence-corrected chi connectivity index (χ4v) is 5.51. The molecule has 0 saturated carbocycles. The number of hydrogen-bond acceptors (Lipinski definition) is 3. The first-order valence-corrected chi connectivity index (χ1v) is 12.0. The molecule has 3 nitrogen and oxygen atoms in total. The van der Waals surface area contributed by atoms with E-state index in [0.717, 1.165) is 52.2 Å². The molecular weight excluding hydrogens is 424 g/mol. The van der Waals surface area contributed by atoms with Gasteiger partial charge >= 0.3 is 0 Å². The normalized spacial score (nSPS) is 14.2. The van der Waals surface area contributed by atoms with E-state index in [1.54, 1.807) is 11.3 Å². The van der Waals surface area contributed by atoms with Crippen molar-refractivity contribution in [3.63, 3.8) is 0 Å². The van der Waals surface area contributed by atoms with Gasteiger partial charge in [-0.25, -0.2) is 4.99 Å². The number of hydrogen-bond donors (Lipinski definition) is 1. The highest BCUT2D eigenvalue weighted by atomic mass is 35.5. The zero-order valence-corrected chi connectivity index (χ0v) is 19.6. The lowest BCUT2D eigenvalue weighted by Gasteiger charge is -2.12. The molecule has 3 aromatic rings. The highest BCUT2D eigenvalue weighted by molar-refractivity contribution is 7.16. The van der Waals surface area contributed by atoms with Crippen molar-refractivity contribution in [1.29, 1.82) is 0 Å². The molecule has 1 aliphatic rings. The van der Waals surface area contributed by atoms with Crippen LogP contribution in [0.5, 0.6) is 0 Å². The molecule has 0 bridgehead atoms. The number of benzene rings is 2. The van der Waals surface area contributed by atoms with E-state index in [1.165, 1.54) is 29.7 Å². The van der Waals surface area contributed by atoms with Crippen LogP contribution in [-0.2, 0) is 12.8 Å². The van der Waals surface area contributed by atoms with Gasteiger partial charge in [0.2, 0.25) is 0 Å². The molecule has 1 N–H and O–H groups in total. The minimum atomic E-state index is -0.0636. The first-order chi connectivity index (χ1) is 15.0. The van der Waals surface area contributed by atoms with Crippen LogP contribution in [0.15, 0.2) is 47.5 Å². The van der Waals surface area contributed by atoms with Gasteiger partial charge in [-0.05, 0) is 86.1 Å². The molecule has 0 spiro atoms. The molecule has 160 valence electrons. The second-order valence-electron chi connectivity index (χ2n) is 8.24. The number of anilines is 1. The molecule has 5 heteroatoms. The van der Waals surface area contributed by atoms with Crippen molar-refractivity contribution in [3.8, 4) is 0 Å². The number of thiophene rings is 1. The Morgan fingerprint density at radius 2 is 1.68 bits per heavy atom. The largest absolute Gasteiger partial charge is 0.322 e. The molecule has 0 radical (unpaired) electrons. The smallest absolute Gasteiger partial charge is 0.259 e. The lowest BCUT2D eigenvalue weighted by Crippen LogP contribution is -2.14. The quantitative estimate of drug-likeness (QED) is 0.407. The van der Waals surface area contributed by atoms with E-state index in [0.29, 0.717) is 5.02 Å². The number of carbonyl (C=O) groups excluding carboxylic acids is 1. The third kappa shape index (κ3) is 5.44. The fraction of sp³-hybridized carbons (Fsp3) is 0.308. The first-order valence-electron chi connectivity index (χ1n) is 10.8. The van der Waals surface area contributed by atoms with Crippen LogP contribution in [0.4, 0.5) is 10.7 Å². The van der Waals surface area contributed by atoms with E-state index in [9.17, 15) is 4.79 Å². The summed E-state index contributed by atoms with van der Waals surface area (Å²) in [6.07, 6.45) is 8.56. The SMILES string of the molecule is Cc1cc(C)cc(NC(=O)c2c(N=Cc3ccc(Cl)cc3)sc3c2CCCCCC3)c1. The van der Waals surface area contributed by atoms with Gasteiger partial charge < -0.3 is 5.32 Å². The number of fused-ring (bicyclic) bond motifs is 1. The lowest BCUT2D eigenvalue weighted by atomic mass is 9.96. The van der Waals surface area contributed by atoms with Crippen LogP contribution in [0, 0.1) is 13.8 Å². The van der Waals surface area contributed by atoms with E-state index in [1.807, 2.05) is 56.5 Å². The average molecular weight is 451 g/mol. The lowest BCUT2D eigenvalue weighted by molar-refractivity contribution is 0.102. The monoisotopic (exact) mass is 450 g/mol. The summed E-state index contributed by atoms with van der Waals surface area (Å²) in [5.74, 6) is -0.0636. The van der Waals surface area contributed by atoms with Crippen molar-refractivity contribution in [2.75, 3.05) is 5.32 Å². The predicted molar refractivity (Wildman–Crippen MR) is 133 cm³/mol. The molecule has 4 rings (SSSR count). The van der Waals surface area contributed by atoms with Crippen molar-refractivity contribution in [1.82, 2.24) is 0 Å². The standard InChI is InChI=1S/C26H27ClN2OS/c1-17-13-18(2)15-21(14-17)29-25(30)24-22-7-5-3-4-6-8-23(22)31-26(24)28-16-19-9-11-20(27)12-10-19/h9-16H,3-8H2,1-2H3,(H,29,30). The van der Waals surface area contributed by atoms with Gasteiger partial charge in [0.1, 0.15) is 5.00 Å². The number of nitrogens with zero attached hydrogens (tertiary/aromatic N) is 1. The molecule has 0 unspecified atom stereocenters. The maximum Gasteiger partial charge on any atom is 0.259 e. The van der Waals surface area contributed by atoms with Gasteiger partial charge in [-0.1, -0.05) is 42.6 Å². The van der Waals surface area contributed by atoms with Gasteiger partial charge in [-0.3, -0.25) is 4.79 Å². The number of rotatable bonds is 4. The summed E-state index contributed by atoms with van der Waals surface area (Å²) in [4.78, 5) is 19.5. The van der Waals surface area contributed by atoms with E-state index in [4.69, 9.17) is 16.6 Å². The van der Waals surface area contributed by atoms with Crippen LogP contribution in [0.2, 0.25) is 5.02 Å². The number of carbonyl (C=O) groups is 1.